The lowest BCUT2D eigenvalue weighted by Gasteiger charge is -2.27. The first-order chi connectivity index (χ1) is 12.6. The second kappa shape index (κ2) is 8.08. The van der Waals surface area contributed by atoms with E-state index in [0.29, 0.717) is 11.1 Å². The van der Waals surface area contributed by atoms with E-state index in [2.05, 4.69) is 26.5 Å². The maximum Gasteiger partial charge on any atom is 0.281 e. The second-order valence-corrected chi connectivity index (χ2v) is 6.52. The average molecular weight is 409 g/mol. The zero-order valence-corrected chi connectivity index (χ0v) is 15.4. The van der Waals surface area contributed by atoms with Crippen LogP contribution in [0.3, 0.4) is 0 Å². The summed E-state index contributed by atoms with van der Waals surface area (Å²) < 4.78 is 0.861. The van der Waals surface area contributed by atoms with E-state index < -0.39 is 11.5 Å². The van der Waals surface area contributed by atoms with Crippen LogP contribution in [0.15, 0.2) is 94.5 Å². The zero-order valence-electron chi connectivity index (χ0n) is 13.8. The average Bonchev–Trinajstić information content (AvgIpc) is 2.70. The number of nitrogens with zero attached hydrogens (tertiary/aromatic N) is 1. The van der Waals surface area contributed by atoms with Crippen LogP contribution < -0.4 is 5.43 Å². The number of benzene rings is 3. The number of amides is 1. The molecule has 2 N–H and O–H groups in total. The van der Waals surface area contributed by atoms with Crippen molar-refractivity contribution in [2.24, 2.45) is 5.10 Å². The molecule has 0 fully saturated rings. The third-order valence-electron chi connectivity index (χ3n) is 3.99. The first-order valence-corrected chi connectivity index (χ1v) is 8.83. The Balaban J connectivity index is 1.90. The Kier molecular flexibility index (Phi) is 5.61. The third kappa shape index (κ3) is 3.74. The summed E-state index contributed by atoms with van der Waals surface area (Å²) in [7, 11) is 0. The van der Waals surface area contributed by atoms with E-state index >= 15 is 0 Å². The summed E-state index contributed by atoms with van der Waals surface area (Å²) in [5.74, 6) is -0.627. The van der Waals surface area contributed by atoms with Gasteiger partial charge >= 0.3 is 0 Å². The molecule has 0 aromatic heterocycles. The van der Waals surface area contributed by atoms with E-state index in [1.807, 2.05) is 36.4 Å². The van der Waals surface area contributed by atoms with Gasteiger partial charge in [0.15, 0.2) is 5.60 Å². The van der Waals surface area contributed by atoms with Crippen LogP contribution in [0.5, 0.6) is 0 Å². The van der Waals surface area contributed by atoms with Crippen LogP contribution in [-0.2, 0) is 10.4 Å². The summed E-state index contributed by atoms with van der Waals surface area (Å²) in [6, 6.07) is 25.1. The Morgan fingerprint density at radius 3 is 1.92 bits per heavy atom. The molecule has 0 aliphatic carbocycles. The van der Waals surface area contributed by atoms with Crippen molar-refractivity contribution < 1.29 is 9.90 Å². The van der Waals surface area contributed by atoms with Gasteiger partial charge in [-0.2, -0.15) is 5.10 Å². The molecule has 3 rings (SSSR count). The van der Waals surface area contributed by atoms with Crippen LogP contribution in [0.4, 0.5) is 0 Å². The van der Waals surface area contributed by atoms with Crippen molar-refractivity contribution in [3.8, 4) is 0 Å². The number of rotatable bonds is 5. The summed E-state index contributed by atoms with van der Waals surface area (Å²) in [6.07, 6.45) is 1.53. The molecule has 0 unspecified atom stereocenters. The lowest BCUT2D eigenvalue weighted by Crippen LogP contribution is -2.43. The first-order valence-electron chi connectivity index (χ1n) is 8.04. The molecular formula is C21H17BrN2O2. The van der Waals surface area contributed by atoms with Crippen molar-refractivity contribution in [1.82, 2.24) is 5.43 Å². The minimum absolute atomic E-state index is 0.472. The number of nitrogens with one attached hydrogen (secondary N) is 1. The fourth-order valence-electron chi connectivity index (χ4n) is 2.61. The number of carbonyl (C=O) groups is 1. The summed E-state index contributed by atoms with van der Waals surface area (Å²) in [5.41, 5.74) is 2.38. The van der Waals surface area contributed by atoms with Crippen molar-refractivity contribution in [3.05, 3.63) is 106 Å². The van der Waals surface area contributed by atoms with Gasteiger partial charge in [0.05, 0.1) is 6.21 Å². The molecule has 0 bridgehead atoms. The molecule has 0 saturated carbocycles. The molecule has 0 saturated heterocycles. The highest BCUT2D eigenvalue weighted by atomic mass is 79.9. The van der Waals surface area contributed by atoms with Gasteiger partial charge in [-0.05, 0) is 17.2 Å². The molecule has 0 heterocycles. The van der Waals surface area contributed by atoms with Crippen LogP contribution in [0.25, 0.3) is 0 Å². The molecule has 3 aromatic rings. The number of hydrogen-bond donors (Lipinski definition) is 2. The van der Waals surface area contributed by atoms with E-state index in [9.17, 15) is 9.90 Å². The summed E-state index contributed by atoms with van der Waals surface area (Å²) in [4.78, 5) is 12.9. The van der Waals surface area contributed by atoms with Gasteiger partial charge in [-0.3, -0.25) is 4.79 Å². The summed E-state index contributed by atoms with van der Waals surface area (Å²) in [6.45, 7) is 0. The number of halogens is 1. The largest absolute Gasteiger partial charge is 0.372 e. The molecule has 5 heteroatoms. The number of aliphatic hydroxyl groups is 1. The van der Waals surface area contributed by atoms with Crippen molar-refractivity contribution in [3.63, 3.8) is 0 Å². The molecule has 0 atom stereocenters. The quantitative estimate of drug-likeness (QED) is 0.497. The monoisotopic (exact) mass is 408 g/mol. The topological polar surface area (TPSA) is 61.7 Å². The second-order valence-electron chi connectivity index (χ2n) is 5.66. The smallest absolute Gasteiger partial charge is 0.281 e. The number of carbonyl (C=O) groups excluding carboxylic acids is 1. The first kappa shape index (κ1) is 18.0. The molecule has 1 amide bonds. The van der Waals surface area contributed by atoms with Crippen LogP contribution in [0, 0.1) is 0 Å². The maximum atomic E-state index is 12.9. The van der Waals surface area contributed by atoms with Gasteiger partial charge in [-0.25, -0.2) is 5.43 Å². The predicted molar refractivity (Wildman–Crippen MR) is 106 cm³/mol. The molecule has 0 radical (unpaired) electrons. The van der Waals surface area contributed by atoms with E-state index in [0.717, 1.165) is 10.0 Å². The number of hydrazone groups is 1. The van der Waals surface area contributed by atoms with Crippen molar-refractivity contribution in [2.45, 2.75) is 5.60 Å². The van der Waals surface area contributed by atoms with E-state index in [4.69, 9.17) is 0 Å². The molecule has 3 aromatic carbocycles. The van der Waals surface area contributed by atoms with Crippen LogP contribution >= 0.6 is 15.9 Å². The van der Waals surface area contributed by atoms with Crippen LogP contribution in [-0.4, -0.2) is 17.2 Å². The van der Waals surface area contributed by atoms with Gasteiger partial charge in [0.25, 0.3) is 5.91 Å². The molecule has 0 aliphatic heterocycles. The molecular weight excluding hydrogens is 392 g/mol. The SMILES string of the molecule is O=C(NN=Cc1ccccc1Br)C(O)(c1ccccc1)c1ccccc1. The Labute approximate surface area is 160 Å². The highest BCUT2D eigenvalue weighted by Crippen LogP contribution is 2.29. The fraction of sp³-hybridized carbons (Fsp3) is 0.0476. The van der Waals surface area contributed by atoms with Gasteiger partial charge in [-0.1, -0.05) is 94.8 Å². The zero-order chi connectivity index (χ0) is 18.4. The predicted octanol–water partition coefficient (Wildman–Crippen LogP) is 3.84. The van der Waals surface area contributed by atoms with Gasteiger partial charge in [0.1, 0.15) is 0 Å². The highest BCUT2D eigenvalue weighted by Gasteiger charge is 2.39. The lowest BCUT2D eigenvalue weighted by molar-refractivity contribution is -0.136. The van der Waals surface area contributed by atoms with Gasteiger partial charge in [-0.15, -0.1) is 0 Å². The summed E-state index contributed by atoms with van der Waals surface area (Å²) in [5, 5.41) is 15.3. The molecule has 4 nitrogen and oxygen atoms in total. The fourth-order valence-corrected chi connectivity index (χ4v) is 3.00. The molecule has 130 valence electrons. The highest BCUT2D eigenvalue weighted by molar-refractivity contribution is 9.10. The van der Waals surface area contributed by atoms with E-state index in [-0.39, 0.29) is 0 Å². The van der Waals surface area contributed by atoms with Crippen LogP contribution in [0.2, 0.25) is 0 Å². The summed E-state index contributed by atoms with van der Waals surface area (Å²) >= 11 is 3.42. The van der Waals surface area contributed by atoms with Gasteiger partial charge < -0.3 is 5.11 Å². The van der Waals surface area contributed by atoms with Crippen molar-refractivity contribution in [1.29, 1.82) is 0 Å². The number of hydrogen-bond acceptors (Lipinski definition) is 3. The van der Waals surface area contributed by atoms with Crippen LogP contribution in [0.1, 0.15) is 16.7 Å². The Morgan fingerprint density at radius 1 is 0.885 bits per heavy atom. The van der Waals surface area contributed by atoms with E-state index in [1.54, 1.807) is 48.5 Å². The Bertz CT molecular complexity index is 872. The normalized spacial score (nSPS) is 11.5. The van der Waals surface area contributed by atoms with Crippen molar-refractivity contribution >= 4 is 28.1 Å². The Morgan fingerprint density at radius 2 is 1.38 bits per heavy atom. The van der Waals surface area contributed by atoms with Gasteiger partial charge in [0.2, 0.25) is 0 Å². The minimum atomic E-state index is -1.84. The standard InChI is InChI=1S/C21H17BrN2O2/c22-19-14-8-7-9-16(19)15-23-24-20(25)21(26,17-10-3-1-4-11-17)18-12-5-2-6-13-18/h1-15,26H,(H,24,25). The molecule has 26 heavy (non-hydrogen) atoms. The molecule has 0 aliphatic rings. The van der Waals surface area contributed by atoms with E-state index in [1.165, 1.54) is 6.21 Å². The van der Waals surface area contributed by atoms with Gasteiger partial charge in [0, 0.05) is 10.0 Å². The van der Waals surface area contributed by atoms with Crippen molar-refractivity contribution in [2.75, 3.05) is 0 Å². The molecule has 0 spiro atoms. The Hall–Kier alpha value is -2.76. The maximum absolute atomic E-state index is 12.9. The minimum Gasteiger partial charge on any atom is -0.372 e. The third-order valence-corrected chi connectivity index (χ3v) is 4.71. The lowest BCUT2D eigenvalue weighted by atomic mass is 9.85.